The van der Waals surface area contributed by atoms with E-state index in [1.165, 1.54) is 18.4 Å². The van der Waals surface area contributed by atoms with Crippen molar-refractivity contribution in [2.75, 3.05) is 5.32 Å². The molecule has 78 valence electrons. The third-order valence-electron chi connectivity index (χ3n) is 2.21. The molecule has 1 aromatic rings. The number of nitrogens with one attached hydrogen (secondary N) is 1. The second-order valence-corrected chi connectivity index (χ2v) is 4.01. The maximum absolute atomic E-state index is 4.45. The lowest BCUT2D eigenvalue weighted by Gasteiger charge is -2.14. The average Bonchev–Trinajstić information content (AvgIpc) is 2.01. The maximum Gasteiger partial charge on any atom is 0.126 e. The smallest absolute Gasteiger partial charge is 0.126 e. The summed E-state index contributed by atoms with van der Waals surface area (Å²) < 4.78 is 0. The lowest BCUT2D eigenvalue weighted by atomic mass is 10.2. The Morgan fingerprint density at radius 1 is 1.36 bits per heavy atom. The van der Waals surface area contributed by atoms with Crippen molar-refractivity contribution in [3.05, 3.63) is 23.4 Å². The Bertz CT molecular complexity index is 274. The first-order valence-corrected chi connectivity index (χ1v) is 5.33. The van der Waals surface area contributed by atoms with Crippen LogP contribution in [0.5, 0.6) is 0 Å². The van der Waals surface area contributed by atoms with Gasteiger partial charge in [-0.1, -0.05) is 13.3 Å². The normalized spacial score (nSPS) is 12.6. The summed E-state index contributed by atoms with van der Waals surface area (Å²) in [6, 6.07) is 4.70. The second kappa shape index (κ2) is 4.99. The number of pyridine rings is 1. The van der Waals surface area contributed by atoms with E-state index in [0.717, 1.165) is 11.5 Å². The van der Waals surface area contributed by atoms with Gasteiger partial charge < -0.3 is 5.32 Å². The topological polar surface area (TPSA) is 24.9 Å². The van der Waals surface area contributed by atoms with Gasteiger partial charge in [-0.05, 0) is 44.9 Å². The van der Waals surface area contributed by atoms with Crippen LogP contribution in [0.3, 0.4) is 0 Å². The average molecular weight is 192 g/mol. The molecule has 0 bridgehead atoms. The molecular formula is C12H20N2. The van der Waals surface area contributed by atoms with E-state index in [-0.39, 0.29) is 0 Å². The summed E-state index contributed by atoms with van der Waals surface area (Å²) in [7, 11) is 0. The highest BCUT2D eigenvalue weighted by atomic mass is 15.0. The third kappa shape index (κ3) is 3.36. The van der Waals surface area contributed by atoms with E-state index < -0.39 is 0 Å². The van der Waals surface area contributed by atoms with Crippen molar-refractivity contribution in [1.29, 1.82) is 0 Å². The first-order chi connectivity index (χ1) is 6.61. The molecule has 1 unspecified atom stereocenters. The minimum atomic E-state index is 0.508. The molecule has 0 aliphatic rings. The molecule has 0 radical (unpaired) electrons. The van der Waals surface area contributed by atoms with Crippen LogP contribution >= 0.6 is 0 Å². The molecule has 1 N–H and O–H groups in total. The first kappa shape index (κ1) is 11.0. The lowest BCUT2D eigenvalue weighted by molar-refractivity contribution is 0.687. The zero-order valence-corrected chi connectivity index (χ0v) is 9.59. The van der Waals surface area contributed by atoms with Gasteiger partial charge in [0.1, 0.15) is 5.82 Å². The lowest BCUT2D eigenvalue weighted by Crippen LogP contribution is -2.15. The molecule has 1 rings (SSSR count). The fourth-order valence-electron chi connectivity index (χ4n) is 1.67. The van der Waals surface area contributed by atoms with E-state index in [0.29, 0.717) is 6.04 Å². The van der Waals surface area contributed by atoms with Gasteiger partial charge in [-0.25, -0.2) is 4.98 Å². The van der Waals surface area contributed by atoms with Crippen LogP contribution in [0.25, 0.3) is 0 Å². The van der Waals surface area contributed by atoms with Crippen molar-refractivity contribution in [2.24, 2.45) is 0 Å². The minimum absolute atomic E-state index is 0.508. The molecule has 1 aromatic heterocycles. The van der Waals surface area contributed by atoms with Gasteiger partial charge in [0.2, 0.25) is 0 Å². The van der Waals surface area contributed by atoms with Crippen molar-refractivity contribution in [3.63, 3.8) is 0 Å². The Kier molecular flexibility index (Phi) is 3.93. The van der Waals surface area contributed by atoms with Crippen LogP contribution in [0.2, 0.25) is 0 Å². The molecule has 0 aliphatic carbocycles. The number of hydrogen-bond acceptors (Lipinski definition) is 2. The molecule has 0 saturated carbocycles. The van der Waals surface area contributed by atoms with Crippen LogP contribution in [0, 0.1) is 13.8 Å². The van der Waals surface area contributed by atoms with E-state index in [4.69, 9.17) is 0 Å². The van der Waals surface area contributed by atoms with E-state index in [1.54, 1.807) is 0 Å². The first-order valence-electron chi connectivity index (χ1n) is 5.33. The van der Waals surface area contributed by atoms with Gasteiger partial charge in [0, 0.05) is 11.7 Å². The van der Waals surface area contributed by atoms with Crippen molar-refractivity contribution in [2.45, 2.75) is 46.6 Å². The number of hydrogen-bond donors (Lipinski definition) is 1. The summed E-state index contributed by atoms with van der Waals surface area (Å²) in [5.41, 5.74) is 2.35. The quantitative estimate of drug-likeness (QED) is 0.791. The highest BCUT2D eigenvalue weighted by molar-refractivity contribution is 5.39. The summed E-state index contributed by atoms with van der Waals surface area (Å²) in [5.74, 6) is 1.00. The Labute approximate surface area is 86.8 Å². The molecule has 0 aliphatic heterocycles. The molecule has 1 atom stereocenters. The van der Waals surface area contributed by atoms with E-state index in [2.05, 4.69) is 43.2 Å². The fourth-order valence-corrected chi connectivity index (χ4v) is 1.67. The molecule has 2 heteroatoms. The van der Waals surface area contributed by atoms with Crippen LogP contribution in [0.1, 0.15) is 37.9 Å². The molecule has 0 aromatic carbocycles. The predicted octanol–water partition coefficient (Wildman–Crippen LogP) is 3.30. The Morgan fingerprint density at radius 3 is 2.64 bits per heavy atom. The number of anilines is 1. The molecule has 14 heavy (non-hydrogen) atoms. The van der Waals surface area contributed by atoms with Crippen molar-refractivity contribution < 1.29 is 0 Å². The second-order valence-electron chi connectivity index (χ2n) is 4.01. The van der Waals surface area contributed by atoms with Crippen molar-refractivity contribution in [3.8, 4) is 0 Å². The zero-order valence-electron chi connectivity index (χ0n) is 9.59. The van der Waals surface area contributed by atoms with Gasteiger partial charge >= 0.3 is 0 Å². The monoisotopic (exact) mass is 192 g/mol. The largest absolute Gasteiger partial charge is 0.368 e. The van der Waals surface area contributed by atoms with E-state index in [9.17, 15) is 0 Å². The van der Waals surface area contributed by atoms with Crippen molar-refractivity contribution >= 4 is 5.82 Å². The molecule has 0 amide bonds. The number of rotatable bonds is 4. The van der Waals surface area contributed by atoms with Crippen LogP contribution in [-0.4, -0.2) is 11.0 Å². The van der Waals surface area contributed by atoms with Crippen LogP contribution in [-0.2, 0) is 0 Å². The Morgan fingerprint density at radius 2 is 2.07 bits per heavy atom. The summed E-state index contributed by atoms with van der Waals surface area (Å²) >= 11 is 0. The minimum Gasteiger partial charge on any atom is -0.368 e. The van der Waals surface area contributed by atoms with E-state index >= 15 is 0 Å². The number of aryl methyl sites for hydroxylation is 2. The van der Waals surface area contributed by atoms with Gasteiger partial charge in [0.25, 0.3) is 0 Å². The predicted molar refractivity (Wildman–Crippen MR) is 61.7 cm³/mol. The molecule has 1 heterocycles. The molecule has 0 spiro atoms. The van der Waals surface area contributed by atoms with Crippen molar-refractivity contribution in [1.82, 2.24) is 4.98 Å². The summed E-state index contributed by atoms with van der Waals surface area (Å²) in [6.45, 7) is 8.53. The molecular weight excluding hydrogens is 172 g/mol. The van der Waals surface area contributed by atoms with Gasteiger partial charge in [-0.3, -0.25) is 0 Å². The zero-order chi connectivity index (χ0) is 10.6. The van der Waals surface area contributed by atoms with Crippen LogP contribution in [0.4, 0.5) is 5.82 Å². The van der Waals surface area contributed by atoms with Gasteiger partial charge in [-0.2, -0.15) is 0 Å². The third-order valence-corrected chi connectivity index (χ3v) is 2.21. The fraction of sp³-hybridized carbons (Fsp3) is 0.583. The highest BCUT2D eigenvalue weighted by Gasteiger charge is 2.02. The van der Waals surface area contributed by atoms with E-state index in [1.807, 2.05) is 6.92 Å². The van der Waals surface area contributed by atoms with Crippen LogP contribution in [0.15, 0.2) is 12.1 Å². The summed E-state index contributed by atoms with van der Waals surface area (Å²) in [6.07, 6.45) is 2.40. The molecule has 0 fully saturated rings. The van der Waals surface area contributed by atoms with Gasteiger partial charge in [0.15, 0.2) is 0 Å². The SMILES string of the molecule is CCCC(C)Nc1cc(C)cc(C)n1. The van der Waals surface area contributed by atoms with Gasteiger partial charge in [0.05, 0.1) is 0 Å². The number of nitrogens with zero attached hydrogens (tertiary/aromatic N) is 1. The number of aromatic nitrogens is 1. The Hall–Kier alpha value is -1.05. The molecule has 2 nitrogen and oxygen atoms in total. The highest BCUT2D eigenvalue weighted by Crippen LogP contribution is 2.11. The van der Waals surface area contributed by atoms with Gasteiger partial charge in [-0.15, -0.1) is 0 Å². The molecule has 0 saturated heterocycles. The maximum atomic E-state index is 4.45. The summed E-state index contributed by atoms with van der Waals surface area (Å²) in [4.78, 5) is 4.45. The van der Waals surface area contributed by atoms with Crippen LogP contribution < -0.4 is 5.32 Å². The summed E-state index contributed by atoms with van der Waals surface area (Å²) in [5, 5.41) is 3.41. The standard InChI is InChI=1S/C12H20N2/c1-5-6-10(3)13-12-8-9(2)7-11(4)14-12/h7-8,10H,5-6H2,1-4H3,(H,13,14). The Balaban J connectivity index is 2.66.